The van der Waals surface area contributed by atoms with Crippen LogP contribution in [-0.4, -0.2) is 37.6 Å². The fraction of sp³-hybridized carbons (Fsp3) is 1.00. The topological polar surface area (TPSA) is 15.3 Å². The molecule has 0 saturated carbocycles. The third kappa shape index (κ3) is 4.12. The van der Waals surface area contributed by atoms with Crippen molar-refractivity contribution in [2.45, 2.75) is 46.6 Å². The van der Waals surface area contributed by atoms with E-state index >= 15 is 0 Å². The van der Waals surface area contributed by atoms with Crippen molar-refractivity contribution in [1.82, 2.24) is 10.2 Å². The van der Waals surface area contributed by atoms with E-state index in [0.717, 1.165) is 18.5 Å². The van der Waals surface area contributed by atoms with Crippen molar-refractivity contribution in [3.05, 3.63) is 0 Å². The van der Waals surface area contributed by atoms with Gasteiger partial charge in [-0.15, -0.1) is 0 Å². The molecule has 0 spiro atoms. The van der Waals surface area contributed by atoms with Crippen LogP contribution in [-0.2, 0) is 0 Å². The molecule has 0 aromatic carbocycles. The SMILES string of the molecule is CC(C)C(C)(C)CNC1CCN(C)CC1. The molecule has 0 atom stereocenters. The van der Waals surface area contributed by atoms with Crippen LogP contribution in [0, 0.1) is 11.3 Å². The Kier molecular flexibility index (Phi) is 4.60. The predicted octanol–water partition coefficient (Wildman–Crippen LogP) is 2.35. The number of likely N-dealkylation sites (tertiary alicyclic amines) is 1. The highest BCUT2D eigenvalue weighted by molar-refractivity contribution is 4.80. The third-order valence-electron chi connectivity index (χ3n) is 4.13. The molecular formula is C13H28N2. The van der Waals surface area contributed by atoms with Gasteiger partial charge in [-0.25, -0.2) is 0 Å². The first-order chi connectivity index (χ1) is 6.92. The first kappa shape index (κ1) is 13.0. The molecule has 1 heterocycles. The molecule has 0 radical (unpaired) electrons. The lowest BCUT2D eigenvalue weighted by atomic mass is 9.81. The monoisotopic (exact) mass is 212 g/mol. The maximum absolute atomic E-state index is 3.74. The standard InChI is InChI=1S/C13H28N2/c1-11(2)13(3,4)10-14-12-6-8-15(5)9-7-12/h11-12,14H,6-10H2,1-5H3. The first-order valence-electron chi connectivity index (χ1n) is 6.34. The number of nitrogens with one attached hydrogen (secondary N) is 1. The summed E-state index contributed by atoms with van der Waals surface area (Å²) in [6, 6.07) is 0.749. The molecule has 1 aliphatic heterocycles. The van der Waals surface area contributed by atoms with E-state index in [1.54, 1.807) is 0 Å². The summed E-state index contributed by atoms with van der Waals surface area (Å²) in [7, 11) is 2.22. The zero-order valence-electron chi connectivity index (χ0n) is 11.1. The van der Waals surface area contributed by atoms with Gasteiger partial charge in [0, 0.05) is 12.6 Å². The number of hydrogen-bond donors (Lipinski definition) is 1. The van der Waals surface area contributed by atoms with Crippen LogP contribution in [0.2, 0.25) is 0 Å². The summed E-state index contributed by atoms with van der Waals surface area (Å²) in [6.45, 7) is 13.0. The van der Waals surface area contributed by atoms with Crippen molar-refractivity contribution >= 4 is 0 Å². The molecular weight excluding hydrogens is 184 g/mol. The summed E-state index contributed by atoms with van der Waals surface area (Å²) >= 11 is 0. The Balaban J connectivity index is 2.25. The lowest BCUT2D eigenvalue weighted by Gasteiger charge is -2.35. The van der Waals surface area contributed by atoms with Crippen LogP contribution in [0.25, 0.3) is 0 Å². The fourth-order valence-corrected chi connectivity index (χ4v) is 1.82. The summed E-state index contributed by atoms with van der Waals surface area (Å²) in [5.41, 5.74) is 0.420. The average molecular weight is 212 g/mol. The van der Waals surface area contributed by atoms with Gasteiger partial charge in [0.1, 0.15) is 0 Å². The average Bonchev–Trinajstić information content (AvgIpc) is 2.17. The number of piperidine rings is 1. The van der Waals surface area contributed by atoms with Crippen LogP contribution in [0.4, 0.5) is 0 Å². The van der Waals surface area contributed by atoms with Gasteiger partial charge in [0.2, 0.25) is 0 Å². The van der Waals surface area contributed by atoms with E-state index < -0.39 is 0 Å². The van der Waals surface area contributed by atoms with Gasteiger partial charge in [-0.1, -0.05) is 27.7 Å². The van der Waals surface area contributed by atoms with Crippen LogP contribution < -0.4 is 5.32 Å². The highest BCUT2D eigenvalue weighted by Gasteiger charge is 2.24. The van der Waals surface area contributed by atoms with E-state index in [1.165, 1.54) is 25.9 Å². The molecule has 1 rings (SSSR count). The van der Waals surface area contributed by atoms with Crippen molar-refractivity contribution in [2.75, 3.05) is 26.7 Å². The molecule has 0 aliphatic carbocycles. The Hall–Kier alpha value is -0.0800. The smallest absolute Gasteiger partial charge is 0.00916 e. The summed E-state index contributed by atoms with van der Waals surface area (Å²) in [6.07, 6.45) is 2.62. The minimum atomic E-state index is 0.420. The molecule has 1 saturated heterocycles. The highest BCUT2D eigenvalue weighted by atomic mass is 15.1. The van der Waals surface area contributed by atoms with Gasteiger partial charge in [-0.2, -0.15) is 0 Å². The summed E-state index contributed by atoms with van der Waals surface area (Å²) in [4.78, 5) is 2.42. The molecule has 0 bridgehead atoms. The van der Waals surface area contributed by atoms with Crippen molar-refractivity contribution < 1.29 is 0 Å². The lowest BCUT2D eigenvalue weighted by molar-refractivity contribution is 0.191. The lowest BCUT2D eigenvalue weighted by Crippen LogP contribution is -2.45. The molecule has 1 aliphatic rings. The molecule has 1 N–H and O–H groups in total. The second-order valence-corrected chi connectivity index (χ2v) is 6.10. The van der Waals surface area contributed by atoms with Crippen molar-refractivity contribution in [1.29, 1.82) is 0 Å². The fourth-order valence-electron chi connectivity index (χ4n) is 1.82. The zero-order valence-corrected chi connectivity index (χ0v) is 11.1. The van der Waals surface area contributed by atoms with Crippen LogP contribution >= 0.6 is 0 Å². The van der Waals surface area contributed by atoms with E-state index in [2.05, 4.69) is 45.0 Å². The Labute approximate surface area is 95.4 Å². The van der Waals surface area contributed by atoms with Gasteiger partial charge in [0.25, 0.3) is 0 Å². The van der Waals surface area contributed by atoms with Gasteiger partial charge in [0.15, 0.2) is 0 Å². The normalized spacial score (nSPS) is 21.2. The van der Waals surface area contributed by atoms with Crippen LogP contribution in [0.5, 0.6) is 0 Å². The molecule has 0 unspecified atom stereocenters. The minimum absolute atomic E-state index is 0.420. The maximum Gasteiger partial charge on any atom is 0.00916 e. The number of nitrogens with zero attached hydrogens (tertiary/aromatic N) is 1. The van der Waals surface area contributed by atoms with Gasteiger partial charge in [-0.05, 0) is 44.3 Å². The summed E-state index contributed by atoms with van der Waals surface area (Å²) in [5.74, 6) is 0.747. The third-order valence-corrected chi connectivity index (χ3v) is 4.13. The number of rotatable bonds is 4. The van der Waals surface area contributed by atoms with Gasteiger partial charge in [-0.3, -0.25) is 0 Å². The van der Waals surface area contributed by atoms with Gasteiger partial charge >= 0.3 is 0 Å². The van der Waals surface area contributed by atoms with E-state index in [4.69, 9.17) is 0 Å². The highest BCUT2D eigenvalue weighted by Crippen LogP contribution is 2.25. The summed E-state index contributed by atoms with van der Waals surface area (Å²) < 4.78 is 0. The Morgan fingerprint density at radius 1 is 1.27 bits per heavy atom. The van der Waals surface area contributed by atoms with Crippen LogP contribution in [0.15, 0.2) is 0 Å². The van der Waals surface area contributed by atoms with Gasteiger partial charge < -0.3 is 10.2 Å². The Bertz CT molecular complexity index is 179. The molecule has 1 fully saturated rings. The molecule has 2 heteroatoms. The molecule has 15 heavy (non-hydrogen) atoms. The Morgan fingerprint density at radius 2 is 1.80 bits per heavy atom. The maximum atomic E-state index is 3.74. The molecule has 0 amide bonds. The van der Waals surface area contributed by atoms with Crippen molar-refractivity contribution in [3.8, 4) is 0 Å². The van der Waals surface area contributed by atoms with Crippen molar-refractivity contribution in [3.63, 3.8) is 0 Å². The van der Waals surface area contributed by atoms with E-state index in [9.17, 15) is 0 Å². The second-order valence-electron chi connectivity index (χ2n) is 6.10. The van der Waals surface area contributed by atoms with Gasteiger partial charge in [0.05, 0.1) is 0 Å². The van der Waals surface area contributed by atoms with Crippen molar-refractivity contribution in [2.24, 2.45) is 11.3 Å². The molecule has 2 nitrogen and oxygen atoms in total. The first-order valence-corrected chi connectivity index (χ1v) is 6.34. The zero-order chi connectivity index (χ0) is 11.5. The molecule has 90 valence electrons. The van der Waals surface area contributed by atoms with E-state index in [-0.39, 0.29) is 0 Å². The molecule has 0 aromatic rings. The predicted molar refractivity (Wildman–Crippen MR) is 67.1 cm³/mol. The number of hydrogen-bond acceptors (Lipinski definition) is 2. The minimum Gasteiger partial charge on any atom is -0.313 e. The Morgan fingerprint density at radius 3 is 2.27 bits per heavy atom. The van der Waals surface area contributed by atoms with Crippen LogP contribution in [0.3, 0.4) is 0 Å². The van der Waals surface area contributed by atoms with E-state index in [0.29, 0.717) is 5.41 Å². The quantitative estimate of drug-likeness (QED) is 0.769. The molecule has 0 aromatic heterocycles. The van der Waals surface area contributed by atoms with E-state index in [1.807, 2.05) is 0 Å². The van der Waals surface area contributed by atoms with Crippen LogP contribution in [0.1, 0.15) is 40.5 Å². The largest absolute Gasteiger partial charge is 0.313 e. The second kappa shape index (κ2) is 5.31. The summed E-state index contributed by atoms with van der Waals surface area (Å²) in [5, 5.41) is 3.74.